The fourth-order valence-electron chi connectivity index (χ4n) is 2.28. The Morgan fingerprint density at radius 2 is 1.65 bits per heavy atom. The van der Waals surface area contributed by atoms with E-state index >= 15 is 0 Å². The number of allylic oxidation sites excluding steroid dienone is 1. The van der Waals surface area contributed by atoms with Gasteiger partial charge < -0.3 is 9.63 Å². The molecule has 1 aromatic carbocycles. The van der Waals surface area contributed by atoms with Crippen molar-refractivity contribution in [1.29, 1.82) is 5.26 Å². The Labute approximate surface area is 142 Å². The molecule has 0 aliphatic heterocycles. The van der Waals surface area contributed by atoms with Crippen LogP contribution < -0.4 is 0 Å². The maximum absolute atomic E-state index is 10.7. The van der Waals surface area contributed by atoms with E-state index in [9.17, 15) is 10.4 Å². The summed E-state index contributed by atoms with van der Waals surface area (Å²) in [5.41, 5.74) is 2.37. The quantitative estimate of drug-likeness (QED) is 0.586. The lowest BCUT2D eigenvalue weighted by Crippen LogP contribution is -2.17. The van der Waals surface area contributed by atoms with Crippen LogP contribution in [0, 0.1) is 11.3 Å². The third-order valence-corrected chi connectivity index (χ3v) is 4.42. The SMILES string of the molecule is CCOP/C(C#N)=C\c1cc(C(C)(C)C)c(O)c(C(C)(C)C)c1. The number of hydrogen-bond acceptors (Lipinski definition) is 3. The van der Waals surface area contributed by atoms with E-state index in [0.29, 0.717) is 17.7 Å². The molecule has 1 rings (SSSR count). The van der Waals surface area contributed by atoms with Crippen molar-refractivity contribution in [3.8, 4) is 11.8 Å². The zero-order valence-electron chi connectivity index (χ0n) is 15.2. The van der Waals surface area contributed by atoms with Gasteiger partial charge in [0.1, 0.15) is 11.8 Å². The first-order valence-corrected chi connectivity index (χ1v) is 8.79. The van der Waals surface area contributed by atoms with Crippen molar-refractivity contribution in [1.82, 2.24) is 0 Å². The third kappa shape index (κ3) is 5.34. The van der Waals surface area contributed by atoms with E-state index in [4.69, 9.17) is 4.52 Å². The van der Waals surface area contributed by atoms with Crippen molar-refractivity contribution in [2.45, 2.75) is 59.3 Å². The molecule has 0 fully saturated rings. The summed E-state index contributed by atoms with van der Waals surface area (Å²) in [4.78, 5) is 0. The van der Waals surface area contributed by atoms with Gasteiger partial charge in [-0.1, -0.05) is 41.5 Å². The summed E-state index contributed by atoms with van der Waals surface area (Å²) >= 11 is 0. The monoisotopic (exact) mass is 333 g/mol. The summed E-state index contributed by atoms with van der Waals surface area (Å²) < 4.78 is 5.37. The van der Waals surface area contributed by atoms with E-state index in [1.807, 2.05) is 25.1 Å². The average molecular weight is 333 g/mol. The van der Waals surface area contributed by atoms with E-state index < -0.39 is 0 Å². The molecule has 0 radical (unpaired) electrons. The lowest BCUT2D eigenvalue weighted by molar-refractivity contribution is 0.393. The molecule has 0 saturated heterocycles. The highest BCUT2D eigenvalue weighted by atomic mass is 31.1. The van der Waals surface area contributed by atoms with Gasteiger partial charge in [0.25, 0.3) is 0 Å². The molecule has 0 aliphatic carbocycles. The number of hydrogen-bond donors (Lipinski definition) is 1. The standard InChI is InChI=1S/C19H28NO2P/c1-8-22-23-14(12-20)9-13-10-15(18(2,3)4)17(21)16(11-13)19(5,6)7/h9-11,21,23H,8H2,1-7H3/b14-9-. The van der Waals surface area contributed by atoms with Gasteiger partial charge in [0.05, 0.1) is 14.1 Å². The van der Waals surface area contributed by atoms with Gasteiger partial charge >= 0.3 is 0 Å². The number of nitrogens with zero attached hydrogens (tertiary/aromatic N) is 1. The summed E-state index contributed by atoms with van der Waals surface area (Å²) in [5, 5.41) is 20.6. The van der Waals surface area contributed by atoms with E-state index in [1.165, 1.54) is 0 Å². The van der Waals surface area contributed by atoms with Gasteiger partial charge in [-0.15, -0.1) is 0 Å². The minimum atomic E-state index is -0.178. The Morgan fingerprint density at radius 1 is 1.17 bits per heavy atom. The molecule has 0 aromatic heterocycles. The zero-order valence-corrected chi connectivity index (χ0v) is 16.2. The fourth-order valence-corrected chi connectivity index (χ4v) is 2.86. The minimum absolute atomic E-state index is 0.0506. The average Bonchev–Trinajstić information content (AvgIpc) is 2.42. The lowest BCUT2D eigenvalue weighted by atomic mass is 9.78. The largest absolute Gasteiger partial charge is 0.507 e. The highest BCUT2D eigenvalue weighted by Gasteiger charge is 2.26. The van der Waals surface area contributed by atoms with E-state index in [-0.39, 0.29) is 19.6 Å². The molecule has 0 heterocycles. The topological polar surface area (TPSA) is 53.2 Å². The van der Waals surface area contributed by atoms with Crippen LogP contribution in [-0.4, -0.2) is 11.7 Å². The predicted molar refractivity (Wildman–Crippen MR) is 99.0 cm³/mol. The molecule has 1 N–H and O–H groups in total. The smallest absolute Gasteiger partial charge is 0.123 e. The van der Waals surface area contributed by atoms with Crippen LogP contribution in [0.4, 0.5) is 0 Å². The van der Waals surface area contributed by atoms with Crippen LogP contribution in [0.25, 0.3) is 6.08 Å². The molecule has 1 aromatic rings. The van der Waals surface area contributed by atoms with Gasteiger partial charge in [-0.05, 0) is 41.5 Å². The number of aromatic hydroxyl groups is 1. The number of benzene rings is 1. The number of phenolic OH excluding ortho intramolecular Hbond substituents is 1. The molecule has 4 heteroatoms. The predicted octanol–water partition coefficient (Wildman–Crippen LogP) is 5.48. The van der Waals surface area contributed by atoms with Gasteiger partial charge in [-0.3, -0.25) is 0 Å². The van der Waals surface area contributed by atoms with Crippen LogP contribution in [0.15, 0.2) is 17.4 Å². The molecule has 0 saturated carbocycles. The van der Waals surface area contributed by atoms with Gasteiger partial charge in [-0.2, -0.15) is 5.26 Å². The summed E-state index contributed by atoms with van der Waals surface area (Å²) in [7, 11) is 0.0506. The Bertz CT molecular complexity index is 593. The maximum atomic E-state index is 10.7. The van der Waals surface area contributed by atoms with Crippen LogP contribution in [-0.2, 0) is 15.4 Å². The molecule has 0 spiro atoms. The van der Waals surface area contributed by atoms with Crippen LogP contribution >= 0.6 is 8.81 Å². The third-order valence-electron chi connectivity index (χ3n) is 3.51. The van der Waals surface area contributed by atoms with Crippen molar-refractivity contribution in [2.75, 3.05) is 6.61 Å². The fraction of sp³-hybridized carbons (Fsp3) is 0.526. The summed E-state index contributed by atoms with van der Waals surface area (Å²) in [6, 6.07) is 6.14. The Balaban J connectivity index is 3.51. The van der Waals surface area contributed by atoms with Crippen LogP contribution in [0.2, 0.25) is 0 Å². The van der Waals surface area contributed by atoms with Gasteiger partial charge in [0, 0.05) is 17.7 Å². The van der Waals surface area contributed by atoms with Crippen molar-refractivity contribution >= 4 is 14.9 Å². The van der Waals surface area contributed by atoms with E-state index in [0.717, 1.165) is 16.7 Å². The normalized spacial score (nSPS) is 13.6. The molecular formula is C19H28NO2P. The maximum Gasteiger partial charge on any atom is 0.123 e. The molecule has 126 valence electrons. The van der Waals surface area contributed by atoms with Crippen molar-refractivity contribution in [3.63, 3.8) is 0 Å². The van der Waals surface area contributed by atoms with Crippen LogP contribution in [0.1, 0.15) is 65.2 Å². The molecule has 0 aliphatic rings. The highest BCUT2D eigenvalue weighted by molar-refractivity contribution is 7.38. The summed E-state index contributed by atoms with van der Waals surface area (Å²) in [6.07, 6.45) is 1.86. The Morgan fingerprint density at radius 3 is 2.00 bits per heavy atom. The first kappa shape index (κ1) is 19.7. The van der Waals surface area contributed by atoms with Crippen molar-refractivity contribution < 1.29 is 9.63 Å². The number of rotatable bonds is 4. The lowest BCUT2D eigenvalue weighted by Gasteiger charge is -2.28. The molecular weight excluding hydrogens is 305 g/mol. The second kappa shape index (κ2) is 7.47. The van der Waals surface area contributed by atoms with Gasteiger partial charge in [-0.25, -0.2) is 0 Å². The summed E-state index contributed by atoms with van der Waals surface area (Å²) in [5.74, 6) is 0.355. The minimum Gasteiger partial charge on any atom is -0.507 e. The summed E-state index contributed by atoms with van der Waals surface area (Å²) in [6.45, 7) is 15.0. The zero-order chi connectivity index (χ0) is 17.8. The van der Waals surface area contributed by atoms with Gasteiger partial charge in [0.2, 0.25) is 0 Å². The first-order chi connectivity index (χ1) is 10.5. The number of nitriles is 1. The Hall–Kier alpha value is -1.36. The highest BCUT2D eigenvalue weighted by Crippen LogP contribution is 2.40. The van der Waals surface area contributed by atoms with Crippen LogP contribution in [0.3, 0.4) is 0 Å². The van der Waals surface area contributed by atoms with E-state index in [2.05, 4.69) is 47.6 Å². The van der Waals surface area contributed by atoms with Crippen molar-refractivity contribution in [2.24, 2.45) is 0 Å². The molecule has 3 nitrogen and oxygen atoms in total. The molecule has 0 bridgehead atoms. The first-order valence-electron chi connectivity index (χ1n) is 7.88. The second-order valence-corrected chi connectivity index (χ2v) is 8.70. The molecule has 1 unspecified atom stereocenters. The van der Waals surface area contributed by atoms with Crippen molar-refractivity contribution in [3.05, 3.63) is 34.1 Å². The van der Waals surface area contributed by atoms with E-state index in [1.54, 1.807) is 0 Å². The Kier molecular flexibility index (Phi) is 6.40. The van der Waals surface area contributed by atoms with Crippen LogP contribution in [0.5, 0.6) is 5.75 Å². The molecule has 1 atom stereocenters. The molecule has 23 heavy (non-hydrogen) atoms. The molecule has 0 amide bonds. The second-order valence-electron chi connectivity index (χ2n) is 7.67. The number of phenols is 1. The van der Waals surface area contributed by atoms with Gasteiger partial charge in [0.15, 0.2) is 0 Å².